The molecule has 2 unspecified atom stereocenters. The number of hydrogen-bond acceptors (Lipinski definition) is 4. The average Bonchev–Trinajstić information content (AvgIpc) is 3.21. The van der Waals surface area contributed by atoms with E-state index in [1.807, 2.05) is 0 Å². The zero-order valence-electron chi connectivity index (χ0n) is 13.6. The van der Waals surface area contributed by atoms with Gasteiger partial charge in [-0.1, -0.05) is 6.92 Å². The standard InChI is InChI=1S/C16H33N3O/c1-4-9-17-16(13-20,14-7-8-14)12-18(2)11-15-6-5-10-19(15)3/h14-15,17,20H,4-13H2,1-3H3. The lowest BCUT2D eigenvalue weighted by Crippen LogP contribution is -2.58. The van der Waals surface area contributed by atoms with Crippen LogP contribution in [0.15, 0.2) is 0 Å². The van der Waals surface area contributed by atoms with Gasteiger partial charge in [-0.25, -0.2) is 0 Å². The first-order valence-corrected chi connectivity index (χ1v) is 8.36. The van der Waals surface area contributed by atoms with Crippen LogP contribution in [0.2, 0.25) is 0 Å². The van der Waals surface area contributed by atoms with E-state index in [1.165, 1.54) is 32.2 Å². The maximum absolute atomic E-state index is 9.98. The zero-order chi connectivity index (χ0) is 14.6. The Labute approximate surface area is 124 Å². The van der Waals surface area contributed by atoms with Gasteiger partial charge in [-0.15, -0.1) is 0 Å². The Kier molecular flexibility index (Phi) is 5.84. The summed E-state index contributed by atoms with van der Waals surface area (Å²) in [6, 6.07) is 0.696. The first-order chi connectivity index (χ1) is 9.61. The van der Waals surface area contributed by atoms with Crippen LogP contribution in [0.3, 0.4) is 0 Å². The van der Waals surface area contributed by atoms with Crippen LogP contribution in [0.5, 0.6) is 0 Å². The lowest BCUT2D eigenvalue weighted by Gasteiger charge is -2.38. The predicted octanol–water partition coefficient (Wildman–Crippen LogP) is 1.15. The van der Waals surface area contributed by atoms with E-state index in [2.05, 4.69) is 36.1 Å². The largest absolute Gasteiger partial charge is 0.394 e. The number of likely N-dealkylation sites (N-methyl/N-ethyl adjacent to an activating group) is 2. The van der Waals surface area contributed by atoms with E-state index in [4.69, 9.17) is 0 Å². The van der Waals surface area contributed by atoms with Gasteiger partial charge in [0.05, 0.1) is 12.1 Å². The van der Waals surface area contributed by atoms with Gasteiger partial charge in [-0.2, -0.15) is 0 Å². The second-order valence-corrected chi connectivity index (χ2v) is 6.99. The second-order valence-electron chi connectivity index (χ2n) is 6.99. The normalized spacial score (nSPS) is 27.1. The van der Waals surface area contributed by atoms with Crippen molar-refractivity contribution in [3.8, 4) is 0 Å². The van der Waals surface area contributed by atoms with Gasteiger partial charge in [0.2, 0.25) is 0 Å². The molecule has 2 fully saturated rings. The molecular weight excluding hydrogens is 250 g/mol. The fourth-order valence-electron chi connectivity index (χ4n) is 3.69. The molecule has 2 atom stereocenters. The SMILES string of the molecule is CCCNC(CO)(CN(C)CC1CCCN1C)C1CC1. The van der Waals surface area contributed by atoms with Crippen LogP contribution in [0.1, 0.15) is 39.0 Å². The molecule has 118 valence electrons. The molecule has 1 saturated carbocycles. The molecule has 0 amide bonds. The summed E-state index contributed by atoms with van der Waals surface area (Å²) in [7, 11) is 4.45. The fraction of sp³-hybridized carbons (Fsp3) is 1.00. The molecular formula is C16H33N3O. The van der Waals surface area contributed by atoms with Crippen molar-refractivity contribution in [1.29, 1.82) is 0 Å². The van der Waals surface area contributed by atoms with Crippen LogP contribution < -0.4 is 5.32 Å². The van der Waals surface area contributed by atoms with Crippen molar-refractivity contribution in [1.82, 2.24) is 15.1 Å². The predicted molar refractivity (Wildman–Crippen MR) is 84.0 cm³/mol. The molecule has 4 heteroatoms. The molecule has 0 aromatic rings. The number of nitrogens with one attached hydrogen (secondary N) is 1. The molecule has 0 aromatic heterocycles. The highest BCUT2D eigenvalue weighted by Crippen LogP contribution is 2.40. The van der Waals surface area contributed by atoms with Crippen LogP contribution in [-0.2, 0) is 0 Å². The first-order valence-electron chi connectivity index (χ1n) is 8.36. The number of aliphatic hydroxyl groups excluding tert-OH is 1. The van der Waals surface area contributed by atoms with Gasteiger partial charge in [0.1, 0.15) is 0 Å². The summed E-state index contributed by atoms with van der Waals surface area (Å²) in [6.07, 6.45) is 6.32. The lowest BCUT2D eigenvalue weighted by atomic mass is 9.93. The third-order valence-corrected chi connectivity index (χ3v) is 5.11. The maximum atomic E-state index is 9.98. The molecule has 1 heterocycles. The van der Waals surface area contributed by atoms with Crippen molar-refractivity contribution in [2.24, 2.45) is 5.92 Å². The third-order valence-electron chi connectivity index (χ3n) is 5.11. The van der Waals surface area contributed by atoms with Crippen molar-refractivity contribution in [3.63, 3.8) is 0 Å². The van der Waals surface area contributed by atoms with Crippen LogP contribution in [0, 0.1) is 5.92 Å². The lowest BCUT2D eigenvalue weighted by molar-refractivity contribution is 0.0913. The molecule has 4 nitrogen and oxygen atoms in total. The van der Waals surface area contributed by atoms with Gasteiger partial charge in [-0.05, 0) is 65.2 Å². The molecule has 1 aliphatic carbocycles. The van der Waals surface area contributed by atoms with E-state index in [1.54, 1.807) is 0 Å². The highest BCUT2D eigenvalue weighted by atomic mass is 16.3. The highest BCUT2D eigenvalue weighted by molar-refractivity contribution is 5.02. The van der Waals surface area contributed by atoms with Crippen molar-refractivity contribution in [2.45, 2.75) is 50.6 Å². The zero-order valence-corrected chi connectivity index (χ0v) is 13.6. The van der Waals surface area contributed by atoms with E-state index in [0.29, 0.717) is 12.0 Å². The summed E-state index contributed by atoms with van der Waals surface area (Å²) in [4.78, 5) is 4.91. The van der Waals surface area contributed by atoms with Crippen molar-refractivity contribution < 1.29 is 5.11 Å². The quantitative estimate of drug-likeness (QED) is 0.666. The minimum Gasteiger partial charge on any atom is -0.394 e. The minimum atomic E-state index is -0.0675. The fourth-order valence-corrected chi connectivity index (χ4v) is 3.69. The Bertz CT molecular complexity index is 295. The molecule has 1 saturated heterocycles. The van der Waals surface area contributed by atoms with Gasteiger partial charge in [0.25, 0.3) is 0 Å². The summed E-state index contributed by atoms with van der Waals surface area (Å²) < 4.78 is 0. The smallest absolute Gasteiger partial charge is 0.0628 e. The molecule has 0 bridgehead atoms. The summed E-state index contributed by atoms with van der Waals surface area (Å²) in [5.74, 6) is 0.669. The number of hydrogen-bond donors (Lipinski definition) is 2. The Morgan fingerprint density at radius 2 is 2.10 bits per heavy atom. The maximum Gasteiger partial charge on any atom is 0.0628 e. The van der Waals surface area contributed by atoms with Gasteiger partial charge < -0.3 is 20.2 Å². The first kappa shape index (κ1) is 16.2. The van der Waals surface area contributed by atoms with Crippen molar-refractivity contribution >= 4 is 0 Å². The van der Waals surface area contributed by atoms with E-state index in [9.17, 15) is 5.11 Å². The summed E-state index contributed by atoms with van der Waals surface area (Å²) in [6.45, 7) is 6.80. The van der Waals surface area contributed by atoms with Gasteiger partial charge >= 0.3 is 0 Å². The van der Waals surface area contributed by atoms with Crippen LogP contribution in [0.25, 0.3) is 0 Å². The molecule has 2 aliphatic rings. The van der Waals surface area contributed by atoms with Gasteiger partial charge in [0, 0.05) is 19.1 Å². The molecule has 1 aliphatic heterocycles. The van der Waals surface area contributed by atoms with Gasteiger partial charge in [0.15, 0.2) is 0 Å². The van der Waals surface area contributed by atoms with Crippen molar-refractivity contribution in [2.75, 3.05) is 46.9 Å². The van der Waals surface area contributed by atoms with E-state index in [-0.39, 0.29) is 12.1 Å². The average molecular weight is 283 g/mol. The number of likely N-dealkylation sites (tertiary alicyclic amines) is 1. The monoisotopic (exact) mass is 283 g/mol. The highest BCUT2D eigenvalue weighted by Gasteiger charge is 2.45. The van der Waals surface area contributed by atoms with Gasteiger partial charge in [-0.3, -0.25) is 0 Å². The number of aliphatic hydroxyl groups is 1. The van der Waals surface area contributed by atoms with E-state index in [0.717, 1.165) is 26.1 Å². The molecule has 20 heavy (non-hydrogen) atoms. The van der Waals surface area contributed by atoms with Crippen LogP contribution in [-0.4, -0.2) is 73.4 Å². The molecule has 2 rings (SSSR count). The Morgan fingerprint density at radius 3 is 2.60 bits per heavy atom. The topological polar surface area (TPSA) is 38.7 Å². The Hall–Kier alpha value is -0.160. The third kappa shape index (κ3) is 3.94. The minimum absolute atomic E-state index is 0.0675. The van der Waals surface area contributed by atoms with E-state index < -0.39 is 0 Å². The van der Waals surface area contributed by atoms with E-state index >= 15 is 0 Å². The Balaban J connectivity index is 1.89. The molecule has 2 N–H and O–H groups in total. The number of nitrogens with zero attached hydrogens (tertiary/aromatic N) is 2. The van der Waals surface area contributed by atoms with Crippen LogP contribution >= 0.6 is 0 Å². The summed E-state index contributed by atoms with van der Waals surface area (Å²) >= 11 is 0. The number of rotatable bonds is 9. The molecule has 0 aromatic carbocycles. The molecule has 0 radical (unpaired) electrons. The Morgan fingerprint density at radius 1 is 1.35 bits per heavy atom. The summed E-state index contributed by atoms with van der Waals surface area (Å²) in [5.41, 5.74) is -0.0675. The second kappa shape index (κ2) is 7.21. The van der Waals surface area contributed by atoms with Crippen LogP contribution in [0.4, 0.5) is 0 Å². The molecule has 0 spiro atoms. The summed E-state index contributed by atoms with van der Waals surface area (Å²) in [5, 5.41) is 13.6. The van der Waals surface area contributed by atoms with Crippen molar-refractivity contribution in [3.05, 3.63) is 0 Å².